The van der Waals surface area contributed by atoms with Crippen LogP contribution in [0.1, 0.15) is 5.56 Å². The van der Waals surface area contributed by atoms with Gasteiger partial charge in [0.15, 0.2) is 12.4 Å². The number of hydrogen-bond donors (Lipinski definition) is 0. The number of nitrogens with zero attached hydrogens (tertiary/aromatic N) is 3. The minimum Gasteiger partial charge on any atom is -0.482 e. The van der Waals surface area contributed by atoms with E-state index in [-0.39, 0.29) is 18.0 Å². The van der Waals surface area contributed by atoms with Gasteiger partial charge < -0.3 is 13.9 Å². The molecular formula is C26H18ClN3O5. The number of para-hydroxylation sites is 1. The highest BCUT2D eigenvalue weighted by molar-refractivity contribution is 6.31. The molecule has 0 amide bonds. The average molecular weight is 488 g/mol. The first-order chi connectivity index (χ1) is 17.0. The lowest BCUT2D eigenvalue weighted by atomic mass is 10.2. The maximum absolute atomic E-state index is 13.3. The van der Waals surface area contributed by atoms with Crippen molar-refractivity contribution in [2.75, 3.05) is 13.7 Å². The molecule has 0 aliphatic rings. The summed E-state index contributed by atoms with van der Waals surface area (Å²) >= 11 is 6.11. The van der Waals surface area contributed by atoms with Crippen LogP contribution in [0.2, 0.25) is 5.02 Å². The number of benzene rings is 3. The molecule has 0 bridgehead atoms. The van der Waals surface area contributed by atoms with Gasteiger partial charge in [0.25, 0.3) is 5.56 Å². The fourth-order valence-electron chi connectivity index (χ4n) is 3.49. The smallest absolute Gasteiger partial charge is 0.343 e. The van der Waals surface area contributed by atoms with Gasteiger partial charge in [-0.3, -0.25) is 4.79 Å². The van der Waals surface area contributed by atoms with Crippen molar-refractivity contribution >= 4 is 45.7 Å². The van der Waals surface area contributed by atoms with E-state index in [4.69, 9.17) is 20.8 Å². The number of esters is 1. The van der Waals surface area contributed by atoms with Crippen molar-refractivity contribution in [2.45, 2.75) is 0 Å². The van der Waals surface area contributed by atoms with Crippen LogP contribution in [0, 0.1) is 0 Å². The van der Waals surface area contributed by atoms with Crippen molar-refractivity contribution in [3.8, 4) is 17.3 Å². The van der Waals surface area contributed by atoms with Crippen molar-refractivity contribution in [3.63, 3.8) is 0 Å². The number of carbonyl (C=O) groups is 1. The minimum absolute atomic E-state index is 0.186. The topological polar surface area (TPSA) is 95.9 Å². The Kier molecular flexibility index (Phi) is 6.03. The summed E-state index contributed by atoms with van der Waals surface area (Å²) in [5.41, 5.74) is 1.52. The molecule has 0 spiro atoms. The quantitative estimate of drug-likeness (QED) is 0.250. The number of carbonyl (C=O) groups excluding carboxylic acids is 1. The van der Waals surface area contributed by atoms with Crippen LogP contribution in [-0.4, -0.2) is 35.6 Å². The lowest BCUT2D eigenvalue weighted by Crippen LogP contribution is -2.20. The first-order valence-corrected chi connectivity index (χ1v) is 10.9. The molecule has 2 heterocycles. The van der Waals surface area contributed by atoms with Crippen molar-refractivity contribution in [3.05, 3.63) is 93.7 Å². The third kappa shape index (κ3) is 4.64. The first-order valence-electron chi connectivity index (χ1n) is 10.6. The second kappa shape index (κ2) is 9.44. The molecule has 9 heteroatoms. The number of ether oxygens (including phenoxy) is 2. The molecule has 0 unspecified atom stereocenters. The van der Waals surface area contributed by atoms with E-state index in [1.54, 1.807) is 66.7 Å². The molecule has 3 aromatic carbocycles. The third-order valence-electron chi connectivity index (χ3n) is 5.24. The number of fused-ring (bicyclic) bond motifs is 2. The molecule has 2 aromatic heterocycles. The van der Waals surface area contributed by atoms with Crippen molar-refractivity contribution < 1.29 is 18.7 Å². The van der Waals surface area contributed by atoms with Gasteiger partial charge in [-0.25, -0.2) is 9.78 Å². The van der Waals surface area contributed by atoms with Gasteiger partial charge in [0.05, 0.1) is 24.2 Å². The van der Waals surface area contributed by atoms with Crippen LogP contribution in [-0.2, 0) is 9.53 Å². The zero-order valence-electron chi connectivity index (χ0n) is 18.5. The van der Waals surface area contributed by atoms with Gasteiger partial charge >= 0.3 is 5.97 Å². The second-order valence-electron chi connectivity index (χ2n) is 7.54. The highest BCUT2D eigenvalue weighted by atomic mass is 35.5. The molecule has 5 aromatic rings. The van der Waals surface area contributed by atoms with Gasteiger partial charge in [0, 0.05) is 10.4 Å². The van der Waals surface area contributed by atoms with Crippen molar-refractivity contribution in [1.82, 2.24) is 9.66 Å². The largest absolute Gasteiger partial charge is 0.482 e. The van der Waals surface area contributed by atoms with Gasteiger partial charge in [-0.15, -0.1) is 0 Å². The maximum Gasteiger partial charge on any atom is 0.343 e. The standard InChI is InChI=1S/C26H18ClN3O5/c1-33-24(31)15-34-19-9-6-16(7-10-19)14-28-30-25(29-21-5-3-2-4-20(21)26(30)32)23-13-17-12-18(27)8-11-22(17)35-23/h2-14H,15H2,1H3. The van der Waals surface area contributed by atoms with E-state index in [1.165, 1.54) is 18.0 Å². The second-order valence-corrected chi connectivity index (χ2v) is 7.98. The summed E-state index contributed by atoms with van der Waals surface area (Å²) in [4.78, 5) is 29.2. The summed E-state index contributed by atoms with van der Waals surface area (Å²) < 4.78 is 17.1. The Bertz CT molecular complexity index is 1640. The number of aromatic nitrogens is 2. The van der Waals surface area contributed by atoms with Gasteiger partial charge in [-0.2, -0.15) is 9.78 Å². The molecule has 0 N–H and O–H groups in total. The van der Waals surface area contributed by atoms with E-state index in [1.807, 2.05) is 6.07 Å². The summed E-state index contributed by atoms with van der Waals surface area (Å²) in [6.45, 7) is -0.186. The van der Waals surface area contributed by atoms with Crippen LogP contribution in [0.25, 0.3) is 33.5 Å². The molecular weight excluding hydrogens is 470 g/mol. The van der Waals surface area contributed by atoms with Gasteiger partial charge in [-0.05, 0) is 66.2 Å². The summed E-state index contributed by atoms with van der Waals surface area (Å²) in [5, 5.41) is 6.21. The molecule has 0 aliphatic heterocycles. The fourth-order valence-corrected chi connectivity index (χ4v) is 3.67. The molecule has 5 rings (SSSR count). The van der Waals surface area contributed by atoms with E-state index >= 15 is 0 Å². The van der Waals surface area contributed by atoms with Crippen LogP contribution in [0.15, 0.2) is 87.1 Å². The SMILES string of the molecule is COC(=O)COc1ccc(C=Nn2c(-c3cc4cc(Cl)ccc4o3)nc3ccccc3c2=O)cc1. The van der Waals surface area contributed by atoms with E-state index in [9.17, 15) is 9.59 Å². The predicted octanol–water partition coefficient (Wildman–Crippen LogP) is 4.90. The van der Waals surface area contributed by atoms with Crippen LogP contribution in [0.4, 0.5) is 0 Å². The Balaban J connectivity index is 1.54. The fraction of sp³-hybridized carbons (Fsp3) is 0.0769. The average Bonchev–Trinajstić information content (AvgIpc) is 3.30. The number of hydrogen-bond acceptors (Lipinski definition) is 7. The van der Waals surface area contributed by atoms with Gasteiger partial charge in [0.1, 0.15) is 11.3 Å². The number of furan rings is 1. The zero-order valence-corrected chi connectivity index (χ0v) is 19.2. The number of methoxy groups -OCH3 is 1. The van der Waals surface area contributed by atoms with E-state index in [0.29, 0.717) is 38.6 Å². The molecule has 174 valence electrons. The van der Waals surface area contributed by atoms with E-state index in [2.05, 4.69) is 14.8 Å². The minimum atomic E-state index is -0.473. The summed E-state index contributed by atoms with van der Waals surface area (Å²) in [6, 6.07) is 21.0. The number of halogens is 1. The summed E-state index contributed by atoms with van der Waals surface area (Å²) in [5.74, 6) is 0.669. The Morgan fingerprint density at radius 1 is 1.11 bits per heavy atom. The highest BCUT2D eigenvalue weighted by Gasteiger charge is 2.16. The van der Waals surface area contributed by atoms with Crippen LogP contribution < -0.4 is 10.3 Å². The molecule has 0 aliphatic carbocycles. The number of rotatable bonds is 6. The zero-order chi connectivity index (χ0) is 24.4. The van der Waals surface area contributed by atoms with Crippen LogP contribution >= 0.6 is 11.6 Å². The molecule has 8 nitrogen and oxygen atoms in total. The van der Waals surface area contributed by atoms with Crippen LogP contribution in [0.5, 0.6) is 5.75 Å². The molecule has 0 fully saturated rings. The maximum atomic E-state index is 13.3. The summed E-state index contributed by atoms with van der Waals surface area (Å²) in [7, 11) is 1.30. The van der Waals surface area contributed by atoms with Crippen molar-refractivity contribution in [1.29, 1.82) is 0 Å². The summed E-state index contributed by atoms with van der Waals surface area (Å²) in [6.07, 6.45) is 1.53. The van der Waals surface area contributed by atoms with Crippen molar-refractivity contribution in [2.24, 2.45) is 5.10 Å². The van der Waals surface area contributed by atoms with Crippen LogP contribution in [0.3, 0.4) is 0 Å². The van der Waals surface area contributed by atoms with E-state index in [0.717, 1.165) is 5.39 Å². The highest BCUT2D eigenvalue weighted by Crippen LogP contribution is 2.29. The Hall–Kier alpha value is -4.43. The Morgan fingerprint density at radius 3 is 2.71 bits per heavy atom. The molecule has 0 atom stereocenters. The Labute approximate surface area is 204 Å². The van der Waals surface area contributed by atoms with Gasteiger partial charge in [-0.1, -0.05) is 23.7 Å². The predicted molar refractivity (Wildman–Crippen MR) is 133 cm³/mol. The molecule has 0 saturated heterocycles. The van der Waals surface area contributed by atoms with Gasteiger partial charge in [0.2, 0.25) is 5.82 Å². The first kappa shape index (κ1) is 22.4. The third-order valence-corrected chi connectivity index (χ3v) is 5.47. The molecule has 0 radical (unpaired) electrons. The molecule has 35 heavy (non-hydrogen) atoms. The van der Waals surface area contributed by atoms with E-state index < -0.39 is 5.97 Å². The Morgan fingerprint density at radius 2 is 1.91 bits per heavy atom. The molecule has 0 saturated carbocycles. The monoisotopic (exact) mass is 487 g/mol. The normalized spacial score (nSPS) is 11.4. The lowest BCUT2D eigenvalue weighted by molar-refractivity contribution is -0.142. The lowest BCUT2D eigenvalue weighted by Gasteiger charge is -2.07.